The first-order chi connectivity index (χ1) is 16.7. The van der Waals surface area contributed by atoms with E-state index in [-0.39, 0.29) is 0 Å². The van der Waals surface area contributed by atoms with Gasteiger partial charge in [0.05, 0.1) is 22.2 Å². The van der Waals surface area contributed by atoms with E-state index >= 15 is 0 Å². The lowest BCUT2D eigenvalue weighted by atomic mass is 10.2. The second-order valence-electron chi connectivity index (χ2n) is 6.39. The van der Waals surface area contributed by atoms with Crippen LogP contribution in [0, 0.1) is 0 Å². The van der Waals surface area contributed by atoms with Crippen LogP contribution in [0.25, 0.3) is 11.0 Å². The first-order valence-corrected chi connectivity index (χ1v) is 9.83. The van der Waals surface area contributed by atoms with E-state index in [0.717, 1.165) is 40.2 Å². The molecule has 20 heteroatoms. The van der Waals surface area contributed by atoms with Gasteiger partial charge in [-0.1, -0.05) is 0 Å². The summed E-state index contributed by atoms with van der Waals surface area (Å²) in [6, 6.07) is 3.90. The molecule has 2 heterocycles. The van der Waals surface area contributed by atoms with Gasteiger partial charge in [-0.05, 0) is 28.1 Å². The van der Waals surface area contributed by atoms with Crippen LogP contribution >= 0.6 is 15.9 Å². The highest BCUT2D eigenvalue weighted by Gasteiger charge is 2.64. The number of rotatable bonds is 3. The van der Waals surface area contributed by atoms with Gasteiger partial charge in [0.1, 0.15) is 5.52 Å². The summed E-state index contributed by atoms with van der Waals surface area (Å²) < 4.78 is 112. The van der Waals surface area contributed by atoms with Crippen LogP contribution in [0.15, 0.2) is 34.0 Å². The molecule has 1 aromatic carbocycles. The van der Waals surface area contributed by atoms with Crippen LogP contribution in [0.4, 0.5) is 49.6 Å². The first-order valence-electron chi connectivity index (χ1n) is 9.04. The fourth-order valence-corrected chi connectivity index (χ4v) is 2.49. The van der Waals surface area contributed by atoms with E-state index in [9.17, 15) is 53.5 Å². The number of carbonyl (C=O) groups is 2. The predicted octanol–water partition coefficient (Wildman–Crippen LogP) is 4.30. The third-order valence-electron chi connectivity index (χ3n) is 3.76. The maximum Gasteiger partial charge on any atom is 0.465 e. The van der Waals surface area contributed by atoms with Crippen molar-refractivity contribution in [2.45, 2.75) is 24.2 Å². The second kappa shape index (κ2) is 11.7. The molecule has 37 heavy (non-hydrogen) atoms. The van der Waals surface area contributed by atoms with Gasteiger partial charge in [-0.15, -0.1) is 0 Å². The van der Waals surface area contributed by atoms with Crippen molar-refractivity contribution in [1.82, 2.24) is 15.3 Å². The lowest BCUT2D eigenvalue weighted by Gasteiger charge is -2.13. The van der Waals surface area contributed by atoms with E-state index in [1.165, 1.54) is 0 Å². The number of fused-ring (bicyclic) bond motifs is 1. The molecule has 1 aromatic heterocycles. The number of guanidine groups is 1. The van der Waals surface area contributed by atoms with Crippen molar-refractivity contribution < 1.29 is 63.7 Å². The number of hydrogen-bond acceptors (Lipinski definition) is 7. The average molecular weight is 620 g/mol. The van der Waals surface area contributed by atoms with Crippen molar-refractivity contribution in [3.8, 4) is 0 Å². The Kier molecular flexibility index (Phi) is 10.0. The summed E-state index contributed by atoms with van der Waals surface area (Å²) in [6.07, 6.45) is -8.66. The van der Waals surface area contributed by atoms with Crippen LogP contribution in [-0.2, 0) is 9.59 Å². The summed E-state index contributed by atoms with van der Waals surface area (Å²) in [5.74, 6) is -16.9. The number of nitrogens with zero attached hydrogens (tertiary/aromatic N) is 3. The van der Waals surface area contributed by atoms with Crippen molar-refractivity contribution in [3.63, 3.8) is 0 Å². The third-order valence-corrected chi connectivity index (χ3v) is 4.56. The Labute approximate surface area is 206 Å². The van der Waals surface area contributed by atoms with Gasteiger partial charge in [0, 0.05) is 18.9 Å². The average Bonchev–Trinajstić information content (AvgIpc) is 3.28. The molecule has 2 aromatic rings. The Morgan fingerprint density at radius 2 is 1.35 bits per heavy atom. The van der Waals surface area contributed by atoms with Gasteiger partial charge in [-0.25, -0.2) is 9.59 Å². The van der Waals surface area contributed by atoms with Gasteiger partial charge >= 0.3 is 36.1 Å². The number of carboxylic acids is 2. The van der Waals surface area contributed by atoms with Crippen LogP contribution in [0.2, 0.25) is 0 Å². The maximum atomic E-state index is 11.3. The number of nitrogens with one attached hydrogen (secondary N) is 2. The minimum Gasteiger partial charge on any atom is -0.477 e. The molecule has 0 saturated heterocycles. The molecule has 1 aliphatic rings. The van der Waals surface area contributed by atoms with Crippen molar-refractivity contribution in [2.75, 3.05) is 18.4 Å². The first kappa shape index (κ1) is 31.6. The van der Waals surface area contributed by atoms with Gasteiger partial charge in [0.25, 0.3) is 0 Å². The molecule has 0 unspecified atom stereocenters. The summed E-state index contributed by atoms with van der Waals surface area (Å²) >= 11 is 3.54. The molecule has 0 bridgehead atoms. The zero-order valence-electron chi connectivity index (χ0n) is 17.4. The predicted molar refractivity (Wildman–Crippen MR) is 108 cm³/mol. The van der Waals surface area contributed by atoms with Crippen LogP contribution in [0.1, 0.15) is 0 Å². The Hall–Kier alpha value is -3.45. The molecule has 0 radical (unpaired) electrons. The van der Waals surface area contributed by atoms with E-state index in [2.05, 4.69) is 41.5 Å². The fourth-order valence-electron chi connectivity index (χ4n) is 1.95. The quantitative estimate of drug-likeness (QED) is 0.373. The van der Waals surface area contributed by atoms with Crippen molar-refractivity contribution in [3.05, 3.63) is 29.0 Å². The molecule has 0 amide bonds. The number of carboxylic acid groups (broad SMARTS) is 2. The SMILES string of the molecule is Brc1c(NC2=NCCN2)ccc2nccnc12.O=C(O)C(F)(F)C(F)(F)F.O=C(O)C(F)(F)C(F)(F)F. The van der Waals surface area contributed by atoms with Crippen LogP contribution in [-0.4, -0.2) is 75.4 Å². The van der Waals surface area contributed by atoms with Gasteiger partial charge in [0.2, 0.25) is 0 Å². The highest BCUT2D eigenvalue weighted by atomic mass is 79.9. The molecule has 0 saturated carbocycles. The molecule has 0 fully saturated rings. The summed E-state index contributed by atoms with van der Waals surface area (Å²) in [6.45, 7) is 1.70. The minimum absolute atomic E-state index is 0.800. The van der Waals surface area contributed by atoms with Crippen molar-refractivity contribution in [2.24, 2.45) is 4.99 Å². The Morgan fingerprint density at radius 3 is 1.73 bits per heavy atom. The topological polar surface area (TPSA) is 137 Å². The Morgan fingerprint density at radius 1 is 0.865 bits per heavy atom. The molecule has 0 spiro atoms. The maximum absolute atomic E-state index is 11.3. The monoisotopic (exact) mass is 619 g/mol. The van der Waals surface area contributed by atoms with Crippen molar-refractivity contribution in [1.29, 1.82) is 0 Å². The van der Waals surface area contributed by atoms with Gasteiger partial charge < -0.3 is 20.8 Å². The van der Waals surface area contributed by atoms with Crippen LogP contribution in [0.3, 0.4) is 0 Å². The van der Waals surface area contributed by atoms with Crippen LogP contribution < -0.4 is 10.6 Å². The van der Waals surface area contributed by atoms with E-state index in [1.807, 2.05) is 12.1 Å². The number of alkyl halides is 10. The summed E-state index contributed by atoms with van der Waals surface area (Å²) in [5, 5.41) is 21.0. The molecular formula is C17H12BrF10N5O4. The number of aromatic nitrogens is 2. The molecule has 4 N–H and O–H groups in total. The zero-order valence-corrected chi connectivity index (χ0v) is 19.0. The molecule has 3 rings (SSSR count). The molecule has 1 aliphatic heterocycles. The van der Waals surface area contributed by atoms with E-state index < -0.39 is 36.1 Å². The Balaban J connectivity index is 0.000000299. The zero-order chi connectivity index (χ0) is 28.8. The fraction of sp³-hybridized carbons (Fsp3) is 0.353. The summed E-state index contributed by atoms with van der Waals surface area (Å²) in [5.41, 5.74) is 2.65. The van der Waals surface area contributed by atoms with Crippen LogP contribution in [0.5, 0.6) is 0 Å². The number of aliphatic carboxylic acids is 2. The second-order valence-corrected chi connectivity index (χ2v) is 7.18. The lowest BCUT2D eigenvalue weighted by molar-refractivity contribution is -0.278. The number of anilines is 1. The number of hydrogen-bond donors (Lipinski definition) is 4. The highest BCUT2D eigenvalue weighted by Crippen LogP contribution is 2.36. The largest absolute Gasteiger partial charge is 0.477 e. The third kappa shape index (κ3) is 8.02. The number of benzene rings is 1. The van der Waals surface area contributed by atoms with Gasteiger partial charge in [-0.2, -0.15) is 43.9 Å². The molecule has 206 valence electrons. The molecular weight excluding hydrogens is 608 g/mol. The van der Waals surface area contributed by atoms with E-state index in [0.29, 0.717) is 0 Å². The smallest absolute Gasteiger partial charge is 0.465 e. The Bertz CT molecular complexity index is 1120. The lowest BCUT2D eigenvalue weighted by Crippen LogP contribution is -2.43. The van der Waals surface area contributed by atoms with E-state index in [4.69, 9.17) is 10.2 Å². The summed E-state index contributed by atoms with van der Waals surface area (Å²) in [4.78, 5) is 31.2. The van der Waals surface area contributed by atoms with Crippen molar-refractivity contribution >= 4 is 50.5 Å². The standard InChI is InChI=1S/C11H10BrN5.2C3HF5O2/c12-9-7(17-11-15-5-6-16-11)1-2-8-10(9)14-4-3-13-8;2*4-2(5,1(9)10)3(6,7)8/h1-4H,5-6H2,(H2,15,16,17);2*(H,9,10). The molecule has 0 aliphatic carbocycles. The van der Waals surface area contributed by atoms with Gasteiger partial charge in [0.15, 0.2) is 5.96 Å². The van der Waals surface area contributed by atoms with Gasteiger partial charge in [-0.3, -0.25) is 15.0 Å². The molecule has 9 nitrogen and oxygen atoms in total. The number of aliphatic imine (C=N–C) groups is 1. The number of halogens is 11. The minimum atomic E-state index is -6.02. The summed E-state index contributed by atoms with van der Waals surface area (Å²) in [7, 11) is 0. The highest BCUT2D eigenvalue weighted by molar-refractivity contribution is 9.10. The van der Waals surface area contributed by atoms with E-state index in [1.54, 1.807) is 12.4 Å². The normalized spacial score (nSPS) is 13.9. The molecule has 0 atom stereocenters.